The van der Waals surface area contributed by atoms with Crippen LogP contribution in [0.25, 0.3) is 0 Å². The molecule has 7 heteroatoms. The average Bonchev–Trinajstić information content (AvgIpc) is 2.68. The molecule has 0 aromatic carbocycles. The topological polar surface area (TPSA) is 74.0 Å². The van der Waals surface area contributed by atoms with Gasteiger partial charge in [0.15, 0.2) is 0 Å². The maximum absolute atomic E-state index is 12.1. The van der Waals surface area contributed by atoms with E-state index in [4.69, 9.17) is 19.8 Å². The molecule has 2 N–H and O–H groups in total. The minimum atomic E-state index is -0.361. The first-order valence-electron chi connectivity index (χ1n) is 8.40. The Morgan fingerprint density at radius 2 is 2.00 bits per heavy atom. The molecule has 1 fully saturated rings. The summed E-state index contributed by atoms with van der Waals surface area (Å²) < 4.78 is 17.4. The Bertz CT molecular complexity index is 463. The fourth-order valence-electron chi connectivity index (χ4n) is 2.90. The number of amides is 1. The molecule has 0 bridgehead atoms. The van der Waals surface area contributed by atoms with E-state index in [2.05, 4.69) is 0 Å². The van der Waals surface area contributed by atoms with Crippen molar-refractivity contribution in [1.29, 1.82) is 0 Å². The third-order valence-corrected chi connectivity index (χ3v) is 5.02. The maximum Gasteiger partial charge on any atom is 0.490 e. The zero-order valence-electron chi connectivity index (χ0n) is 14.9. The SMILES string of the molecule is CCOC(=O)N1CC=C(B2OC(C)(C)C(C)(C)O2)CC1CCN. The minimum Gasteiger partial charge on any atom is -0.450 e. The first kappa shape index (κ1) is 18.3. The number of hydrogen-bond donors (Lipinski definition) is 1. The van der Waals surface area contributed by atoms with Gasteiger partial charge in [0.2, 0.25) is 0 Å². The molecule has 1 unspecified atom stereocenters. The molecular weight excluding hydrogens is 295 g/mol. The monoisotopic (exact) mass is 324 g/mol. The van der Waals surface area contributed by atoms with Crippen LogP contribution in [0, 0.1) is 0 Å². The summed E-state index contributed by atoms with van der Waals surface area (Å²) in [6.07, 6.45) is 3.17. The molecule has 130 valence electrons. The maximum atomic E-state index is 12.1. The van der Waals surface area contributed by atoms with Gasteiger partial charge < -0.3 is 24.7 Å². The van der Waals surface area contributed by atoms with Crippen molar-refractivity contribution in [3.05, 3.63) is 11.5 Å². The second-order valence-corrected chi connectivity index (χ2v) is 7.15. The van der Waals surface area contributed by atoms with Gasteiger partial charge in [0.05, 0.1) is 17.8 Å². The van der Waals surface area contributed by atoms with E-state index in [1.165, 1.54) is 0 Å². The summed E-state index contributed by atoms with van der Waals surface area (Å²) in [4.78, 5) is 13.8. The van der Waals surface area contributed by atoms with Crippen LogP contribution in [0.3, 0.4) is 0 Å². The van der Waals surface area contributed by atoms with Gasteiger partial charge in [-0.2, -0.15) is 0 Å². The molecule has 0 aliphatic carbocycles. The van der Waals surface area contributed by atoms with Crippen LogP contribution in [0.15, 0.2) is 11.5 Å². The highest BCUT2D eigenvalue weighted by atomic mass is 16.7. The number of hydrogen-bond acceptors (Lipinski definition) is 5. The van der Waals surface area contributed by atoms with Gasteiger partial charge in [0.25, 0.3) is 0 Å². The number of carbonyl (C=O) groups excluding carboxylic acids is 1. The fourth-order valence-corrected chi connectivity index (χ4v) is 2.90. The molecule has 1 amide bonds. The standard InChI is InChI=1S/C16H29BN2O4/c1-6-21-14(20)19-10-8-12(11-13(19)7-9-18)17-22-15(2,3)16(4,5)23-17/h8,13H,6-7,9-11,18H2,1-5H3. The van der Waals surface area contributed by atoms with E-state index >= 15 is 0 Å². The zero-order valence-corrected chi connectivity index (χ0v) is 14.9. The van der Waals surface area contributed by atoms with E-state index in [1.807, 2.05) is 40.7 Å². The zero-order chi connectivity index (χ0) is 17.3. The lowest BCUT2D eigenvalue weighted by Gasteiger charge is -2.34. The summed E-state index contributed by atoms with van der Waals surface area (Å²) in [6, 6.07) is 0.0260. The van der Waals surface area contributed by atoms with Crippen molar-refractivity contribution in [1.82, 2.24) is 4.90 Å². The second-order valence-electron chi connectivity index (χ2n) is 7.15. The highest BCUT2D eigenvalue weighted by Crippen LogP contribution is 2.40. The molecule has 2 aliphatic heterocycles. The van der Waals surface area contributed by atoms with Crippen LogP contribution in [0.4, 0.5) is 4.79 Å². The highest BCUT2D eigenvalue weighted by molar-refractivity contribution is 6.54. The number of nitrogens with zero attached hydrogens (tertiary/aromatic N) is 1. The molecule has 23 heavy (non-hydrogen) atoms. The van der Waals surface area contributed by atoms with Crippen molar-refractivity contribution < 1.29 is 18.8 Å². The van der Waals surface area contributed by atoms with Gasteiger partial charge in [-0.3, -0.25) is 0 Å². The van der Waals surface area contributed by atoms with Gasteiger partial charge in [0, 0.05) is 12.6 Å². The summed E-state index contributed by atoms with van der Waals surface area (Å²) in [7, 11) is -0.357. The first-order chi connectivity index (χ1) is 10.7. The van der Waals surface area contributed by atoms with Crippen LogP contribution < -0.4 is 5.73 Å². The molecule has 0 spiro atoms. The van der Waals surface area contributed by atoms with E-state index in [0.717, 1.165) is 11.9 Å². The molecule has 6 nitrogen and oxygen atoms in total. The highest BCUT2D eigenvalue weighted by Gasteiger charge is 2.53. The predicted octanol–water partition coefficient (Wildman–Crippen LogP) is 2.12. The number of rotatable bonds is 4. The van der Waals surface area contributed by atoms with Crippen LogP contribution >= 0.6 is 0 Å². The fraction of sp³-hybridized carbons (Fsp3) is 0.812. The van der Waals surface area contributed by atoms with Gasteiger partial charge in [-0.1, -0.05) is 6.08 Å². The third kappa shape index (κ3) is 3.73. The van der Waals surface area contributed by atoms with E-state index in [1.54, 1.807) is 4.90 Å². The molecule has 0 aromatic heterocycles. The van der Waals surface area contributed by atoms with Crippen LogP contribution in [-0.4, -0.2) is 55.1 Å². The summed E-state index contributed by atoms with van der Waals surface area (Å²) in [5.74, 6) is 0. The lowest BCUT2D eigenvalue weighted by molar-refractivity contribution is 0.00578. The second kappa shape index (κ2) is 6.83. The van der Waals surface area contributed by atoms with Gasteiger partial charge in [-0.15, -0.1) is 0 Å². The number of carbonyl (C=O) groups is 1. The Morgan fingerprint density at radius 3 is 2.52 bits per heavy atom. The summed E-state index contributed by atoms with van der Waals surface area (Å²) in [6.45, 7) is 11.4. The van der Waals surface area contributed by atoms with Gasteiger partial charge in [-0.05, 0) is 59.5 Å². The van der Waals surface area contributed by atoms with Crippen molar-refractivity contribution in [2.24, 2.45) is 5.73 Å². The predicted molar refractivity (Wildman–Crippen MR) is 90.0 cm³/mol. The Kier molecular flexibility index (Phi) is 5.43. The summed E-state index contributed by atoms with van der Waals surface area (Å²) in [5.41, 5.74) is 6.08. The molecule has 0 aromatic rings. The van der Waals surface area contributed by atoms with Crippen molar-refractivity contribution in [3.63, 3.8) is 0 Å². The average molecular weight is 324 g/mol. The normalized spacial score (nSPS) is 26.2. The van der Waals surface area contributed by atoms with Crippen LogP contribution in [0.1, 0.15) is 47.5 Å². The lowest BCUT2D eigenvalue weighted by Crippen LogP contribution is -2.46. The van der Waals surface area contributed by atoms with Crippen molar-refractivity contribution >= 4 is 13.2 Å². The molecule has 2 aliphatic rings. The van der Waals surface area contributed by atoms with Gasteiger partial charge >= 0.3 is 13.2 Å². The summed E-state index contributed by atoms with van der Waals surface area (Å²) in [5, 5.41) is 0. The van der Waals surface area contributed by atoms with E-state index in [9.17, 15) is 4.79 Å². The molecule has 2 heterocycles. The Hall–Kier alpha value is -1.05. The first-order valence-corrected chi connectivity index (χ1v) is 8.40. The van der Waals surface area contributed by atoms with Crippen LogP contribution in [0.5, 0.6) is 0 Å². The van der Waals surface area contributed by atoms with Crippen molar-refractivity contribution in [3.8, 4) is 0 Å². The van der Waals surface area contributed by atoms with Crippen molar-refractivity contribution in [2.75, 3.05) is 19.7 Å². The largest absolute Gasteiger partial charge is 0.490 e. The molecule has 0 radical (unpaired) electrons. The Labute approximate surface area is 139 Å². The van der Waals surface area contributed by atoms with Gasteiger partial charge in [-0.25, -0.2) is 4.79 Å². The molecule has 1 atom stereocenters. The Morgan fingerprint density at radius 1 is 1.39 bits per heavy atom. The minimum absolute atomic E-state index is 0.0260. The molecule has 1 saturated heterocycles. The lowest BCUT2D eigenvalue weighted by atomic mass is 9.72. The van der Waals surface area contributed by atoms with E-state index < -0.39 is 0 Å². The quantitative estimate of drug-likeness (QED) is 0.802. The Balaban J connectivity index is 2.12. The van der Waals surface area contributed by atoms with Crippen molar-refractivity contribution in [2.45, 2.75) is 64.7 Å². The molecular formula is C16H29BN2O4. The van der Waals surface area contributed by atoms with E-state index in [-0.39, 0.29) is 30.5 Å². The smallest absolute Gasteiger partial charge is 0.450 e. The van der Waals surface area contributed by atoms with E-state index in [0.29, 0.717) is 26.1 Å². The molecule has 0 saturated carbocycles. The van der Waals surface area contributed by atoms with Crippen LogP contribution in [0.2, 0.25) is 0 Å². The number of nitrogens with two attached hydrogens (primary N) is 1. The third-order valence-electron chi connectivity index (χ3n) is 5.02. The van der Waals surface area contributed by atoms with Crippen LogP contribution in [-0.2, 0) is 14.0 Å². The molecule has 2 rings (SSSR count). The summed E-state index contributed by atoms with van der Waals surface area (Å²) >= 11 is 0. The van der Waals surface area contributed by atoms with Gasteiger partial charge in [0.1, 0.15) is 0 Å². The number of ether oxygens (including phenoxy) is 1.